The lowest BCUT2D eigenvalue weighted by Crippen LogP contribution is -2.44. The number of para-hydroxylation sites is 1. The third-order valence-electron chi connectivity index (χ3n) is 4.75. The van der Waals surface area contributed by atoms with Gasteiger partial charge in [-0.15, -0.1) is 22.7 Å². The van der Waals surface area contributed by atoms with Crippen LogP contribution < -0.4 is 5.32 Å². The quantitative estimate of drug-likeness (QED) is 0.382. The number of benzene rings is 2. The number of nitrogens with one attached hydrogen (secondary N) is 1. The molecule has 33 heavy (non-hydrogen) atoms. The molecule has 168 valence electrons. The van der Waals surface area contributed by atoms with Crippen molar-refractivity contribution >= 4 is 50.7 Å². The zero-order chi connectivity index (χ0) is 23.2. The van der Waals surface area contributed by atoms with Gasteiger partial charge in [-0.1, -0.05) is 42.5 Å². The topological polar surface area (TPSA) is 94.6 Å². The Morgan fingerprint density at radius 3 is 2.48 bits per heavy atom. The van der Waals surface area contributed by atoms with Gasteiger partial charge in [0, 0.05) is 6.42 Å². The molecule has 1 atom stereocenters. The Bertz CT molecular complexity index is 1250. The molecule has 9 heteroatoms. The molecule has 0 spiro atoms. The third-order valence-corrected chi connectivity index (χ3v) is 7.02. The first-order valence-electron chi connectivity index (χ1n) is 10.1. The number of carbonyl (C=O) groups is 3. The fourth-order valence-electron chi connectivity index (χ4n) is 3.16. The third kappa shape index (κ3) is 5.63. The van der Waals surface area contributed by atoms with Gasteiger partial charge >= 0.3 is 11.9 Å². The van der Waals surface area contributed by atoms with Gasteiger partial charge in [-0.3, -0.25) is 4.79 Å². The summed E-state index contributed by atoms with van der Waals surface area (Å²) < 4.78 is 11.0. The number of ether oxygens (including phenoxy) is 2. The number of carbonyl (C=O) groups excluding carboxylic acids is 3. The molecule has 0 aliphatic heterocycles. The van der Waals surface area contributed by atoms with E-state index in [0.29, 0.717) is 4.88 Å². The molecule has 1 N–H and O–H groups in total. The van der Waals surface area contributed by atoms with E-state index in [4.69, 9.17) is 9.47 Å². The minimum atomic E-state index is -0.879. The maximum atomic E-state index is 12.4. The van der Waals surface area contributed by atoms with Crippen molar-refractivity contribution in [1.82, 2.24) is 10.3 Å². The molecule has 4 rings (SSSR count). The summed E-state index contributed by atoms with van der Waals surface area (Å²) in [5.41, 5.74) is 1.77. The number of amides is 1. The zero-order valence-electron chi connectivity index (χ0n) is 17.6. The molecule has 1 amide bonds. The van der Waals surface area contributed by atoms with Gasteiger partial charge in [0.2, 0.25) is 0 Å². The molecular weight excluding hydrogens is 460 g/mol. The van der Waals surface area contributed by atoms with Gasteiger partial charge < -0.3 is 14.8 Å². The fraction of sp³-hybridized carbons (Fsp3) is 0.167. The number of rotatable bonds is 8. The van der Waals surface area contributed by atoms with E-state index in [9.17, 15) is 14.4 Å². The van der Waals surface area contributed by atoms with Gasteiger partial charge in [0.1, 0.15) is 15.9 Å². The lowest BCUT2D eigenvalue weighted by Gasteiger charge is -2.16. The van der Waals surface area contributed by atoms with Crippen LogP contribution in [-0.2, 0) is 25.5 Å². The average molecular weight is 481 g/mol. The minimum absolute atomic E-state index is 0.268. The maximum absolute atomic E-state index is 12.4. The van der Waals surface area contributed by atoms with E-state index in [-0.39, 0.29) is 6.42 Å². The average Bonchev–Trinajstić information content (AvgIpc) is 3.49. The predicted molar refractivity (Wildman–Crippen MR) is 127 cm³/mol. The number of esters is 2. The second-order valence-electron chi connectivity index (χ2n) is 7.06. The number of hydrogen-bond donors (Lipinski definition) is 1. The van der Waals surface area contributed by atoms with E-state index in [1.54, 1.807) is 17.4 Å². The molecule has 0 aliphatic rings. The fourth-order valence-corrected chi connectivity index (χ4v) is 5.08. The van der Waals surface area contributed by atoms with Crippen LogP contribution in [-0.4, -0.2) is 42.6 Å². The summed E-state index contributed by atoms with van der Waals surface area (Å²) in [5.74, 6) is -1.77. The number of methoxy groups -OCH3 is 1. The number of thiazole rings is 1. The molecule has 2 aromatic carbocycles. The molecule has 0 fully saturated rings. The van der Waals surface area contributed by atoms with Crippen molar-refractivity contribution in [1.29, 1.82) is 0 Å². The van der Waals surface area contributed by atoms with Crippen molar-refractivity contribution in [2.45, 2.75) is 12.5 Å². The molecule has 7 nitrogen and oxygen atoms in total. The molecule has 2 aromatic heterocycles. The van der Waals surface area contributed by atoms with Crippen LogP contribution in [0.5, 0.6) is 0 Å². The Labute approximate surface area is 198 Å². The van der Waals surface area contributed by atoms with E-state index in [2.05, 4.69) is 10.3 Å². The lowest BCUT2D eigenvalue weighted by molar-refractivity contribution is -0.145. The smallest absolute Gasteiger partial charge is 0.348 e. The van der Waals surface area contributed by atoms with Gasteiger partial charge in [0.05, 0.1) is 22.2 Å². The summed E-state index contributed by atoms with van der Waals surface area (Å²) in [6.07, 6.45) is 0.268. The van der Waals surface area contributed by atoms with E-state index >= 15 is 0 Å². The molecule has 4 aromatic rings. The normalized spacial score (nSPS) is 11.7. The van der Waals surface area contributed by atoms with Gasteiger partial charge in [-0.05, 0) is 29.8 Å². The Morgan fingerprint density at radius 2 is 1.73 bits per heavy atom. The summed E-state index contributed by atoms with van der Waals surface area (Å²) in [4.78, 5) is 42.6. The van der Waals surface area contributed by atoms with Crippen LogP contribution in [0, 0.1) is 0 Å². The van der Waals surface area contributed by atoms with Gasteiger partial charge in [-0.2, -0.15) is 0 Å². The molecular formula is C24H20N2O5S2. The Hall–Kier alpha value is -3.56. The monoisotopic (exact) mass is 480 g/mol. The predicted octanol–water partition coefficient (Wildman–Crippen LogP) is 4.08. The molecule has 0 unspecified atom stereocenters. The van der Waals surface area contributed by atoms with Crippen LogP contribution in [0.15, 0.2) is 66.7 Å². The van der Waals surface area contributed by atoms with Crippen molar-refractivity contribution in [2.75, 3.05) is 13.7 Å². The first-order chi connectivity index (χ1) is 16.0. The second-order valence-corrected chi connectivity index (χ2v) is 9.17. The number of hydrogen-bond acceptors (Lipinski definition) is 8. The molecule has 2 heterocycles. The highest BCUT2D eigenvalue weighted by Crippen LogP contribution is 2.34. The van der Waals surface area contributed by atoms with Crippen LogP contribution in [0.2, 0.25) is 0 Å². The number of nitrogens with zero attached hydrogens (tertiary/aromatic N) is 1. The summed E-state index contributed by atoms with van der Waals surface area (Å²) in [7, 11) is 1.26. The SMILES string of the molecule is COC(=O)[C@H](Cc1ccccc1)NC(=O)COC(=O)c1ccc(-c2nc3ccccc3s2)s1. The second kappa shape index (κ2) is 10.4. The van der Waals surface area contributed by atoms with Crippen molar-refractivity contribution in [3.63, 3.8) is 0 Å². The lowest BCUT2D eigenvalue weighted by atomic mass is 10.1. The van der Waals surface area contributed by atoms with E-state index < -0.39 is 30.5 Å². The van der Waals surface area contributed by atoms with Crippen LogP contribution in [0.4, 0.5) is 0 Å². The zero-order valence-corrected chi connectivity index (χ0v) is 19.3. The molecule has 0 saturated heterocycles. The Balaban J connectivity index is 1.35. The van der Waals surface area contributed by atoms with Crippen molar-refractivity contribution in [3.8, 4) is 9.88 Å². The highest BCUT2D eigenvalue weighted by Gasteiger charge is 2.23. The van der Waals surface area contributed by atoms with Crippen LogP contribution in [0.3, 0.4) is 0 Å². The van der Waals surface area contributed by atoms with Gasteiger partial charge in [0.15, 0.2) is 6.61 Å². The number of aromatic nitrogens is 1. The van der Waals surface area contributed by atoms with E-state index in [0.717, 1.165) is 25.7 Å². The number of fused-ring (bicyclic) bond motifs is 1. The Kier molecular flexibility index (Phi) is 7.11. The molecule has 0 bridgehead atoms. The van der Waals surface area contributed by atoms with Gasteiger partial charge in [0.25, 0.3) is 5.91 Å². The molecule has 0 radical (unpaired) electrons. The molecule has 0 aliphatic carbocycles. The maximum Gasteiger partial charge on any atom is 0.348 e. The van der Waals surface area contributed by atoms with Gasteiger partial charge in [-0.25, -0.2) is 14.6 Å². The van der Waals surface area contributed by atoms with Crippen LogP contribution >= 0.6 is 22.7 Å². The van der Waals surface area contributed by atoms with Crippen molar-refractivity contribution in [3.05, 3.63) is 77.2 Å². The largest absolute Gasteiger partial charge is 0.467 e. The summed E-state index contributed by atoms with van der Waals surface area (Å²) in [6, 6.07) is 19.7. The van der Waals surface area contributed by atoms with Crippen LogP contribution in [0.1, 0.15) is 15.2 Å². The standard InChI is InChI=1S/C24H20N2O5S2/c1-30-23(28)17(13-15-7-3-2-4-8-15)25-21(27)14-31-24(29)20-12-11-19(32-20)22-26-16-9-5-6-10-18(16)33-22/h2-12,17H,13-14H2,1H3,(H,25,27)/t17-/m0/s1. The van der Waals surface area contributed by atoms with Crippen molar-refractivity contribution < 1.29 is 23.9 Å². The van der Waals surface area contributed by atoms with Crippen molar-refractivity contribution in [2.24, 2.45) is 0 Å². The minimum Gasteiger partial charge on any atom is -0.467 e. The summed E-state index contributed by atoms with van der Waals surface area (Å²) in [6.45, 7) is -0.504. The molecule has 0 saturated carbocycles. The summed E-state index contributed by atoms with van der Waals surface area (Å²) in [5, 5.41) is 3.39. The first kappa shape index (κ1) is 22.6. The Morgan fingerprint density at radius 1 is 0.970 bits per heavy atom. The summed E-state index contributed by atoms with van der Waals surface area (Å²) >= 11 is 2.80. The highest BCUT2D eigenvalue weighted by molar-refractivity contribution is 7.26. The van der Waals surface area contributed by atoms with Crippen LogP contribution in [0.25, 0.3) is 20.1 Å². The highest BCUT2D eigenvalue weighted by atomic mass is 32.1. The number of thiophene rings is 1. The van der Waals surface area contributed by atoms with E-state index in [1.807, 2.05) is 60.7 Å². The van der Waals surface area contributed by atoms with E-state index in [1.165, 1.54) is 18.4 Å². The first-order valence-corrected chi connectivity index (χ1v) is 11.7.